The Balaban J connectivity index is 3.18. The lowest BCUT2D eigenvalue weighted by Crippen LogP contribution is -2.33. The van der Waals surface area contributed by atoms with Gasteiger partial charge in [-0.15, -0.1) is 0 Å². The van der Waals surface area contributed by atoms with Gasteiger partial charge >= 0.3 is 0 Å². The van der Waals surface area contributed by atoms with Crippen LogP contribution < -0.4 is 5.73 Å². The summed E-state index contributed by atoms with van der Waals surface area (Å²) in [5.41, 5.74) is 5.25. The third-order valence-electron chi connectivity index (χ3n) is 3.65. The Morgan fingerprint density at radius 3 is 2.14 bits per heavy atom. The van der Waals surface area contributed by atoms with Crippen molar-refractivity contribution in [2.24, 2.45) is 11.7 Å². The van der Waals surface area contributed by atoms with Crippen LogP contribution in [0.15, 0.2) is 0 Å². The summed E-state index contributed by atoms with van der Waals surface area (Å²) in [4.78, 5) is 1.17. The largest absolute Gasteiger partial charge is 0.381 e. The Bertz CT molecular complexity index is 312. The van der Waals surface area contributed by atoms with E-state index in [1.165, 1.54) is 49.8 Å². The molecule has 0 amide bonds. The van der Waals surface area contributed by atoms with Crippen LogP contribution >= 0.6 is 0 Å². The van der Waals surface area contributed by atoms with E-state index in [-0.39, 0.29) is 5.96 Å². The van der Waals surface area contributed by atoms with Crippen molar-refractivity contribution in [2.45, 2.75) is 71.6 Å². The van der Waals surface area contributed by atoms with Gasteiger partial charge in [-0.25, -0.2) is 4.90 Å². The molecule has 5 heteroatoms. The van der Waals surface area contributed by atoms with Crippen LogP contribution in [-0.4, -0.2) is 30.6 Å². The van der Waals surface area contributed by atoms with Crippen molar-refractivity contribution in [3.8, 4) is 6.19 Å². The van der Waals surface area contributed by atoms with Crippen LogP contribution in [0.2, 0.25) is 0 Å². The number of unbranched alkanes of at least 4 members (excludes halogenated alkanes) is 6. The Morgan fingerprint density at radius 2 is 1.59 bits per heavy atom. The second kappa shape index (κ2) is 14.6. The predicted molar refractivity (Wildman–Crippen MR) is 91.4 cm³/mol. The van der Waals surface area contributed by atoms with Crippen LogP contribution in [0.5, 0.6) is 0 Å². The number of hydrogen-bond acceptors (Lipinski definition) is 3. The van der Waals surface area contributed by atoms with Crippen molar-refractivity contribution in [3.05, 3.63) is 0 Å². The molecule has 0 heterocycles. The maximum atomic E-state index is 8.71. The summed E-state index contributed by atoms with van der Waals surface area (Å²) in [5.74, 6) is 0.642. The van der Waals surface area contributed by atoms with Gasteiger partial charge in [0, 0.05) is 19.8 Å². The molecule has 0 aliphatic carbocycles. The van der Waals surface area contributed by atoms with Gasteiger partial charge in [-0.1, -0.05) is 58.8 Å². The molecule has 0 aromatic heterocycles. The Labute approximate surface area is 136 Å². The van der Waals surface area contributed by atoms with Gasteiger partial charge in [-0.3, -0.25) is 5.41 Å². The number of nitrogens with two attached hydrogens (primary N) is 1. The molecule has 0 fully saturated rings. The van der Waals surface area contributed by atoms with Crippen molar-refractivity contribution in [2.75, 3.05) is 19.8 Å². The standard InChI is InChI=1S/C17H34N4O/c1-16(2)11-8-6-4-3-5-7-9-13-22-14-10-12-21(15-18)17(19)20/h16H,3-14H2,1-2H3,(H3,19,20). The highest BCUT2D eigenvalue weighted by Crippen LogP contribution is 2.11. The third kappa shape index (κ3) is 13.7. The van der Waals surface area contributed by atoms with Crippen LogP contribution in [0.3, 0.4) is 0 Å². The van der Waals surface area contributed by atoms with E-state index in [2.05, 4.69) is 13.8 Å². The highest BCUT2D eigenvalue weighted by Gasteiger charge is 2.03. The Morgan fingerprint density at radius 1 is 1.05 bits per heavy atom. The zero-order chi connectivity index (χ0) is 16.6. The maximum absolute atomic E-state index is 8.71. The molecular weight excluding hydrogens is 276 g/mol. The summed E-state index contributed by atoms with van der Waals surface area (Å²) in [6.07, 6.45) is 13.1. The molecule has 0 atom stereocenters. The number of nitrogens with zero attached hydrogens (tertiary/aromatic N) is 2. The van der Waals surface area contributed by atoms with Crippen LogP contribution in [-0.2, 0) is 4.74 Å². The minimum Gasteiger partial charge on any atom is -0.381 e. The van der Waals surface area contributed by atoms with E-state index in [0.717, 1.165) is 25.4 Å². The number of guanidine groups is 1. The van der Waals surface area contributed by atoms with Crippen LogP contribution in [0, 0.1) is 22.8 Å². The molecule has 0 unspecified atom stereocenters. The van der Waals surface area contributed by atoms with Crippen LogP contribution in [0.1, 0.15) is 71.6 Å². The van der Waals surface area contributed by atoms with E-state index in [1.54, 1.807) is 0 Å². The van der Waals surface area contributed by atoms with Gasteiger partial charge in [0.15, 0.2) is 6.19 Å². The van der Waals surface area contributed by atoms with E-state index in [9.17, 15) is 0 Å². The van der Waals surface area contributed by atoms with E-state index in [1.807, 2.05) is 6.19 Å². The summed E-state index contributed by atoms with van der Waals surface area (Å²) in [7, 11) is 0. The number of rotatable bonds is 14. The monoisotopic (exact) mass is 310 g/mol. The second-order valence-electron chi connectivity index (χ2n) is 6.26. The first-order valence-electron chi connectivity index (χ1n) is 8.67. The number of nitrogens with one attached hydrogen (secondary N) is 1. The molecule has 0 rings (SSSR count). The molecule has 0 bridgehead atoms. The fourth-order valence-electron chi connectivity index (χ4n) is 2.29. The van der Waals surface area contributed by atoms with E-state index < -0.39 is 0 Å². The molecule has 0 aliphatic rings. The fourth-order valence-corrected chi connectivity index (χ4v) is 2.29. The highest BCUT2D eigenvalue weighted by molar-refractivity contribution is 5.76. The molecule has 0 aromatic carbocycles. The number of nitriles is 1. The van der Waals surface area contributed by atoms with Gasteiger partial charge in [-0.05, 0) is 18.8 Å². The smallest absolute Gasteiger partial charge is 0.201 e. The average Bonchev–Trinajstić information content (AvgIpc) is 2.47. The first-order chi connectivity index (χ1) is 10.6. The zero-order valence-electron chi connectivity index (χ0n) is 14.4. The summed E-state index contributed by atoms with van der Waals surface area (Å²) in [5, 5.41) is 15.9. The van der Waals surface area contributed by atoms with E-state index >= 15 is 0 Å². The van der Waals surface area contributed by atoms with E-state index in [0.29, 0.717) is 13.2 Å². The summed E-state index contributed by atoms with van der Waals surface area (Å²) >= 11 is 0. The molecule has 0 saturated carbocycles. The number of ether oxygens (including phenoxy) is 1. The molecule has 0 saturated heterocycles. The molecule has 0 aliphatic heterocycles. The number of hydrogen-bond donors (Lipinski definition) is 2. The zero-order valence-corrected chi connectivity index (χ0v) is 14.4. The lowest BCUT2D eigenvalue weighted by atomic mass is 10.0. The molecule has 3 N–H and O–H groups in total. The fraction of sp³-hybridized carbons (Fsp3) is 0.882. The lowest BCUT2D eigenvalue weighted by molar-refractivity contribution is 0.125. The van der Waals surface area contributed by atoms with Gasteiger partial charge in [0.05, 0.1) is 0 Å². The van der Waals surface area contributed by atoms with Gasteiger partial charge in [0.25, 0.3) is 0 Å². The summed E-state index contributed by atoms with van der Waals surface area (Å²) in [6.45, 7) is 6.46. The molecule has 0 radical (unpaired) electrons. The average molecular weight is 310 g/mol. The SMILES string of the molecule is CC(C)CCCCCCCCCOCCCN(C#N)C(=N)N. The maximum Gasteiger partial charge on any atom is 0.201 e. The minimum atomic E-state index is -0.198. The van der Waals surface area contributed by atoms with Gasteiger partial charge in [0.1, 0.15) is 0 Å². The van der Waals surface area contributed by atoms with Crippen molar-refractivity contribution >= 4 is 5.96 Å². The third-order valence-corrected chi connectivity index (χ3v) is 3.65. The van der Waals surface area contributed by atoms with Gasteiger partial charge < -0.3 is 10.5 Å². The Kier molecular flexibility index (Phi) is 13.8. The molecule has 128 valence electrons. The minimum absolute atomic E-state index is 0.198. The van der Waals surface area contributed by atoms with Crippen molar-refractivity contribution in [1.29, 1.82) is 10.7 Å². The second-order valence-corrected chi connectivity index (χ2v) is 6.26. The van der Waals surface area contributed by atoms with Crippen LogP contribution in [0.25, 0.3) is 0 Å². The van der Waals surface area contributed by atoms with E-state index in [4.69, 9.17) is 21.1 Å². The summed E-state index contributed by atoms with van der Waals surface area (Å²) in [6, 6.07) is 0. The lowest BCUT2D eigenvalue weighted by Gasteiger charge is -2.12. The van der Waals surface area contributed by atoms with Crippen molar-refractivity contribution in [3.63, 3.8) is 0 Å². The first-order valence-corrected chi connectivity index (χ1v) is 8.67. The predicted octanol–water partition coefficient (Wildman–Crippen LogP) is 3.85. The van der Waals surface area contributed by atoms with Gasteiger partial charge in [-0.2, -0.15) is 5.26 Å². The topological polar surface area (TPSA) is 86.1 Å². The molecule has 0 spiro atoms. The summed E-state index contributed by atoms with van der Waals surface area (Å²) < 4.78 is 5.53. The first kappa shape index (κ1) is 20.7. The van der Waals surface area contributed by atoms with Gasteiger partial charge in [0.2, 0.25) is 5.96 Å². The quantitative estimate of drug-likeness (QED) is 0.168. The normalized spacial score (nSPS) is 10.6. The molecule has 22 heavy (non-hydrogen) atoms. The van der Waals surface area contributed by atoms with Crippen molar-refractivity contribution in [1.82, 2.24) is 4.90 Å². The molecule has 5 nitrogen and oxygen atoms in total. The van der Waals surface area contributed by atoms with Crippen LogP contribution in [0.4, 0.5) is 0 Å². The highest BCUT2D eigenvalue weighted by atomic mass is 16.5. The van der Waals surface area contributed by atoms with Crippen molar-refractivity contribution < 1.29 is 4.74 Å². The Hall–Kier alpha value is -1.28. The molecule has 0 aromatic rings. The molecular formula is C17H34N4O.